The summed E-state index contributed by atoms with van der Waals surface area (Å²) in [7, 11) is 0. The zero-order valence-electron chi connectivity index (χ0n) is 30.4. The van der Waals surface area contributed by atoms with Crippen LogP contribution < -0.4 is 0 Å². The second-order valence-electron chi connectivity index (χ2n) is 11.0. The second kappa shape index (κ2) is 40.0. The van der Waals surface area contributed by atoms with Gasteiger partial charge in [-0.3, -0.25) is 9.59 Å². The van der Waals surface area contributed by atoms with E-state index in [1.807, 2.05) is 6.92 Å². The maximum absolute atomic E-state index is 12.0. The summed E-state index contributed by atoms with van der Waals surface area (Å²) in [4.78, 5) is 23.6. The highest BCUT2D eigenvalue weighted by atomic mass is 16.6. The molecule has 0 aromatic heterocycles. The molecule has 13 heteroatoms. The number of unbranched alkanes of at least 4 members (excludes halogenated alkanes) is 4. The Morgan fingerprint density at radius 2 is 0.729 bits per heavy atom. The molecule has 0 bridgehead atoms. The number of hydrogen-bond donors (Lipinski definition) is 0. The third-order valence-electron chi connectivity index (χ3n) is 6.91. The van der Waals surface area contributed by atoms with E-state index in [1.54, 1.807) is 0 Å². The lowest BCUT2D eigenvalue weighted by molar-refractivity contribution is -0.150. The number of hydrogen-bond acceptors (Lipinski definition) is 13. The van der Waals surface area contributed by atoms with E-state index < -0.39 is 0 Å². The molecule has 0 aliphatic heterocycles. The Bertz CT molecular complexity index is 668. The van der Waals surface area contributed by atoms with Crippen LogP contribution in [0.3, 0.4) is 0 Å². The van der Waals surface area contributed by atoms with Crippen LogP contribution in [0.15, 0.2) is 0 Å². The molecule has 286 valence electrons. The Labute approximate surface area is 290 Å². The zero-order valence-corrected chi connectivity index (χ0v) is 30.4. The molecule has 1 atom stereocenters. The van der Waals surface area contributed by atoms with Gasteiger partial charge < -0.3 is 52.1 Å². The molecule has 1 unspecified atom stereocenters. The Hall–Kier alpha value is -1.42. The summed E-state index contributed by atoms with van der Waals surface area (Å²) in [5, 5.41) is 0. The fraction of sp³-hybridized carbons (Fsp3) is 0.943. The molecule has 0 spiro atoms. The summed E-state index contributed by atoms with van der Waals surface area (Å²) in [5.41, 5.74) is 0. The van der Waals surface area contributed by atoms with Crippen molar-refractivity contribution < 1.29 is 61.7 Å². The second-order valence-corrected chi connectivity index (χ2v) is 11.0. The van der Waals surface area contributed by atoms with Gasteiger partial charge in [-0.05, 0) is 19.3 Å². The van der Waals surface area contributed by atoms with Crippen molar-refractivity contribution in [2.24, 2.45) is 5.92 Å². The minimum Gasteiger partial charge on any atom is -0.463 e. The van der Waals surface area contributed by atoms with E-state index in [-0.39, 0.29) is 31.1 Å². The predicted molar refractivity (Wildman–Crippen MR) is 181 cm³/mol. The van der Waals surface area contributed by atoms with Crippen LogP contribution in [0.1, 0.15) is 78.6 Å². The molecule has 0 aliphatic rings. The molecule has 13 nitrogen and oxygen atoms in total. The average molecular weight is 697 g/mol. The van der Waals surface area contributed by atoms with Crippen molar-refractivity contribution in [3.05, 3.63) is 0 Å². The van der Waals surface area contributed by atoms with Crippen molar-refractivity contribution in [1.29, 1.82) is 0 Å². The summed E-state index contributed by atoms with van der Waals surface area (Å²) in [5.74, 6) is -0.282. The van der Waals surface area contributed by atoms with E-state index in [1.165, 1.54) is 0 Å². The Kier molecular flexibility index (Phi) is 38.8. The van der Waals surface area contributed by atoms with Crippen molar-refractivity contribution in [2.45, 2.75) is 78.6 Å². The first-order chi connectivity index (χ1) is 23.7. The van der Waals surface area contributed by atoms with Gasteiger partial charge in [0.1, 0.15) is 13.2 Å². The number of esters is 2. The van der Waals surface area contributed by atoms with E-state index in [2.05, 4.69) is 13.8 Å². The fourth-order valence-electron chi connectivity index (χ4n) is 4.10. The monoisotopic (exact) mass is 696 g/mol. The fourth-order valence-corrected chi connectivity index (χ4v) is 4.10. The Morgan fingerprint density at radius 3 is 1.06 bits per heavy atom. The molecule has 0 radical (unpaired) electrons. The van der Waals surface area contributed by atoms with Crippen molar-refractivity contribution in [3.63, 3.8) is 0 Å². The average Bonchev–Trinajstić information content (AvgIpc) is 3.09. The number of rotatable bonds is 40. The van der Waals surface area contributed by atoms with E-state index in [0.29, 0.717) is 125 Å². The molecule has 0 N–H and O–H groups in total. The Morgan fingerprint density at radius 1 is 0.396 bits per heavy atom. The quantitative estimate of drug-likeness (QED) is 0.0662. The van der Waals surface area contributed by atoms with Crippen LogP contribution in [0, 0.1) is 5.92 Å². The van der Waals surface area contributed by atoms with E-state index in [9.17, 15) is 9.59 Å². The smallest absolute Gasteiger partial charge is 0.308 e. The van der Waals surface area contributed by atoms with Crippen LogP contribution in [-0.2, 0) is 61.7 Å². The van der Waals surface area contributed by atoms with Crippen molar-refractivity contribution in [1.82, 2.24) is 0 Å². The van der Waals surface area contributed by atoms with Crippen LogP contribution in [0.25, 0.3) is 0 Å². The summed E-state index contributed by atoms with van der Waals surface area (Å²) in [6.45, 7) is 15.3. The summed E-state index contributed by atoms with van der Waals surface area (Å²) in [6, 6.07) is 0. The van der Waals surface area contributed by atoms with Gasteiger partial charge in [-0.25, -0.2) is 0 Å². The maximum Gasteiger partial charge on any atom is 0.308 e. The van der Waals surface area contributed by atoms with Gasteiger partial charge in [-0.1, -0.05) is 52.9 Å². The third kappa shape index (κ3) is 35.9. The minimum absolute atomic E-state index is 0.00566. The van der Waals surface area contributed by atoms with Crippen molar-refractivity contribution >= 4 is 11.9 Å². The highest BCUT2D eigenvalue weighted by Gasteiger charge is 2.17. The topological polar surface area (TPSA) is 136 Å². The molecular weight excluding hydrogens is 628 g/mol. The number of carbonyl (C=O) groups is 2. The van der Waals surface area contributed by atoms with Crippen LogP contribution in [0.5, 0.6) is 0 Å². The lowest BCUT2D eigenvalue weighted by Crippen LogP contribution is -2.20. The van der Waals surface area contributed by atoms with E-state index in [0.717, 1.165) is 51.4 Å². The van der Waals surface area contributed by atoms with Crippen LogP contribution in [0.2, 0.25) is 0 Å². The maximum atomic E-state index is 12.0. The largest absolute Gasteiger partial charge is 0.463 e. The molecule has 0 saturated carbocycles. The normalized spacial score (nSPS) is 12.0. The number of ether oxygens (including phenoxy) is 11. The van der Waals surface area contributed by atoms with E-state index in [4.69, 9.17) is 52.1 Å². The standard InChI is InChI=1S/C35H68O13/c1-4-7-9-10-12-34(36)47-31-29-45-27-25-43-23-21-41-19-17-39-15-13-38-14-16-40-18-20-42-22-24-44-26-28-46-30-32-48-35(37)33(6-3)11-8-5-2/h33H,4-32H2,1-3H3. The highest BCUT2D eigenvalue weighted by molar-refractivity contribution is 5.72. The molecule has 0 amide bonds. The molecule has 0 saturated heterocycles. The van der Waals surface area contributed by atoms with Gasteiger partial charge in [0.05, 0.1) is 125 Å². The van der Waals surface area contributed by atoms with Crippen LogP contribution >= 0.6 is 0 Å². The van der Waals surface area contributed by atoms with Gasteiger partial charge in [0.15, 0.2) is 0 Å². The summed E-state index contributed by atoms with van der Waals surface area (Å²) in [6.07, 6.45) is 8.58. The molecule has 0 aromatic rings. The van der Waals surface area contributed by atoms with Crippen LogP contribution in [-0.4, -0.2) is 144 Å². The predicted octanol–water partition coefficient (Wildman–Crippen LogP) is 4.41. The zero-order chi connectivity index (χ0) is 35.0. The van der Waals surface area contributed by atoms with Crippen molar-refractivity contribution in [3.8, 4) is 0 Å². The van der Waals surface area contributed by atoms with E-state index >= 15 is 0 Å². The summed E-state index contributed by atoms with van der Waals surface area (Å²) >= 11 is 0. The molecule has 48 heavy (non-hydrogen) atoms. The summed E-state index contributed by atoms with van der Waals surface area (Å²) < 4.78 is 59.6. The van der Waals surface area contributed by atoms with Gasteiger partial charge in [-0.15, -0.1) is 0 Å². The van der Waals surface area contributed by atoms with Gasteiger partial charge in [0.2, 0.25) is 0 Å². The van der Waals surface area contributed by atoms with Gasteiger partial charge in [0.25, 0.3) is 0 Å². The molecule has 0 rings (SSSR count). The molecule has 0 aromatic carbocycles. The first-order valence-corrected chi connectivity index (χ1v) is 18.2. The highest BCUT2D eigenvalue weighted by Crippen LogP contribution is 2.14. The third-order valence-corrected chi connectivity index (χ3v) is 6.91. The molecule has 0 aliphatic carbocycles. The number of carbonyl (C=O) groups excluding carboxylic acids is 2. The van der Waals surface area contributed by atoms with Gasteiger partial charge >= 0.3 is 11.9 Å². The van der Waals surface area contributed by atoms with Gasteiger partial charge in [-0.2, -0.15) is 0 Å². The van der Waals surface area contributed by atoms with Crippen LogP contribution in [0.4, 0.5) is 0 Å². The lowest BCUT2D eigenvalue weighted by Gasteiger charge is -2.13. The first-order valence-electron chi connectivity index (χ1n) is 18.2. The minimum atomic E-state index is -0.154. The van der Waals surface area contributed by atoms with Crippen molar-refractivity contribution in [2.75, 3.05) is 132 Å². The molecule has 0 fully saturated rings. The molecule has 0 heterocycles. The SMILES string of the molecule is CCCCCCC(=O)OCCOCCOCCOCCOCCOCCOCCOCCOCCOCCOC(=O)C(CC)CCCC. The molecular formula is C35H68O13. The Balaban J connectivity index is 3.17. The van der Waals surface area contributed by atoms with Gasteiger partial charge in [0, 0.05) is 6.42 Å². The first kappa shape index (κ1) is 46.6. The lowest BCUT2D eigenvalue weighted by atomic mass is 10.00.